The summed E-state index contributed by atoms with van der Waals surface area (Å²) in [7, 11) is 0. The maximum Gasteiger partial charge on any atom is 0.146 e. The first-order valence-corrected chi connectivity index (χ1v) is 6.18. The summed E-state index contributed by atoms with van der Waals surface area (Å²) < 4.78 is 16.1. The van der Waals surface area contributed by atoms with Crippen LogP contribution < -0.4 is 5.32 Å². The van der Waals surface area contributed by atoms with Crippen LogP contribution in [-0.4, -0.2) is 9.78 Å². The van der Waals surface area contributed by atoms with E-state index >= 15 is 0 Å². The minimum Gasteiger partial charge on any atom is -0.378 e. The lowest BCUT2D eigenvalue weighted by atomic mass is 10.3. The SMILES string of the molecule is CCn1cc(CNc2cc(Br)ccc2F)cn1. The molecule has 2 rings (SSSR count). The van der Waals surface area contributed by atoms with Gasteiger partial charge in [-0.15, -0.1) is 0 Å². The van der Waals surface area contributed by atoms with Crippen LogP contribution in [0.25, 0.3) is 0 Å². The van der Waals surface area contributed by atoms with E-state index in [2.05, 4.69) is 26.3 Å². The van der Waals surface area contributed by atoms with E-state index in [1.165, 1.54) is 6.07 Å². The molecule has 1 aromatic heterocycles. The van der Waals surface area contributed by atoms with E-state index < -0.39 is 0 Å². The van der Waals surface area contributed by atoms with Crippen LogP contribution in [0.4, 0.5) is 10.1 Å². The first-order chi connectivity index (χ1) is 8.19. The topological polar surface area (TPSA) is 29.9 Å². The van der Waals surface area contributed by atoms with Crippen LogP contribution in [0, 0.1) is 5.82 Å². The number of hydrogen-bond acceptors (Lipinski definition) is 2. The van der Waals surface area contributed by atoms with Gasteiger partial charge in [-0.05, 0) is 25.1 Å². The maximum absolute atomic E-state index is 13.4. The van der Waals surface area contributed by atoms with Gasteiger partial charge in [0.25, 0.3) is 0 Å². The molecule has 1 N–H and O–H groups in total. The van der Waals surface area contributed by atoms with Crippen LogP contribution in [-0.2, 0) is 13.1 Å². The number of aryl methyl sites for hydroxylation is 1. The largest absolute Gasteiger partial charge is 0.378 e. The van der Waals surface area contributed by atoms with E-state index in [4.69, 9.17) is 0 Å². The van der Waals surface area contributed by atoms with Crippen LogP contribution in [0.15, 0.2) is 35.1 Å². The van der Waals surface area contributed by atoms with Crippen molar-refractivity contribution in [3.63, 3.8) is 0 Å². The Morgan fingerprint density at radius 3 is 3.00 bits per heavy atom. The molecule has 0 aliphatic heterocycles. The van der Waals surface area contributed by atoms with Crippen LogP contribution in [0.3, 0.4) is 0 Å². The highest BCUT2D eigenvalue weighted by Gasteiger charge is 2.03. The van der Waals surface area contributed by atoms with E-state index in [9.17, 15) is 4.39 Å². The summed E-state index contributed by atoms with van der Waals surface area (Å²) in [5, 5.41) is 7.21. The van der Waals surface area contributed by atoms with Gasteiger partial charge in [0.05, 0.1) is 11.9 Å². The van der Waals surface area contributed by atoms with Crippen molar-refractivity contribution in [1.29, 1.82) is 0 Å². The van der Waals surface area contributed by atoms with Gasteiger partial charge in [-0.25, -0.2) is 4.39 Å². The van der Waals surface area contributed by atoms with Gasteiger partial charge in [0.1, 0.15) is 5.82 Å². The number of rotatable bonds is 4. The van der Waals surface area contributed by atoms with Gasteiger partial charge < -0.3 is 5.32 Å². The molecule has 3 nitrogen and oxygen atoms in total. The second-order valence-corrected chi connectivity index (χ2v) is 4.60. The molecule has 17 heavy (non-hydrogen) atoms. The predicted octanol–water partition coefficient (Wildman–Crippen LogP) is 3.42. The lowest BCUT2D eigenvalue weighted by Gasteiger charge is -2.06. The molecule has 0 radical (unpaired) electrons. The summed E-state index contributed by atoms with van der Waals surface area (Å²) in [6.45, 7) is 3.43. The third kappa shape index (κ3) is 3.06. The van der Waals surface area contributed by atoms with Crippen molar-refractivity contribution in [2.45, 2.75) is 20.0 Å². The minimum absolute atomic E-state index is 0.254. The Kier molecular flexibility index (Phi) is 3.78. The number of hydrogen-bond donors (Lipinski definition) is 1. The van der Waals surface area contributed by atoms with Crippen LogP contribution in [0.1, 0.15) is 12.5 Å². The van der Waals surface area contributed by atoms with Crippen LogP contribution in [0.5, 0.6) is 0 Å². The quantitative estimate of drug-likeness (QED) is 0.937. The normalized spacial score (nSPS) is 10.5. The number of aromatic nitrogens is 2. The number of nitrogens with one attached hydrogen (secondary N) is 1. The summed E-state index contributed by atoms with van der Waals surface area (Å²) in [6, 6.07) is 4.83. The van der Waals surface area contributed by atoms with Gasteiger partial charge >= 0.3 is 0 Å². The molecule has 2 aromatic rings. The molecule has 0 fully saturated rings. The molecule has 0 atom stereocenters. The highest BCUT2D eigenvalue weighted by atomic mass is 79.9. The minimum atomic E-state index is -0.254. The highest BCUT2D eigenvalue weighted by Crippen LogP contribution is 2.20. The fraction of sp³-hybridized carbons (Fsp3) is 0.250. The molecule has 0 aliphatic rings. The molecule has 0 spiro atoms. The zero-order valence-corrected chi connectivity index (χ0v) is 11.0. The molecule has 0 bridgehead atoms. The average molecular weight is 298 g/mol. The maximum atomic E-state index is 13.4. The molecule has 0 unspecified atom stereocenters. The Morgan fingerprint density at radius 2 is 2.29 bits per heavy atom. The van der Waals surface area contributed by atoms with Gasteiger partial charge in [-0.3, -0.25) is 4.68 Å². The Labute approximate surface area is 108 Å². The number of halogens is 2. The average Bonchev–Trinajstić information content (AvgIpc) is 2.78. The molecular formula is C12H13BrFN3. The number of anilines is 1. The third-order valence-corrected chi connectivity index (χ3v) is 2.92. The van der Waals surface area contributed by atoms with Gasteiger partial charge in [0, 0.05) is 29.3 Å². The molecule has 1 aromatic carbocycles. The molecule has 0 amide bonds. The lowest BCUT2D eigenvalue weighted by molar-refractivity contribution is 0.630. The second-order valence-electron chi connectivity index (χ2n) is 3.68. The zero-order valence-electron chi connectivity index (χ0n) is 9.45. The van der Waals surface area contributed by atoms with Gasteiger partial charge in [-0.2, -0.15) is 5.10 Å². The fourth-order valence-electron chi connectivity index (χ4n) is 1.50. The molecule has 5 heteroatoms. The Bertz CT molecular complexity index is 510. The van der Waals surface area contributed by atoms with E-state index in [0.717, 1.165) is 16.6 Å². The Hall–Kier alpha value is -1.36. The Balaban J connectivity index is 2.04. The first-order valence-electron chi connectivity index (χ1n) is 5.39. The van der Waals surface area contributed by atoms with E-state index in [1.54, 1.807) is 18.3 Å². The second kappa shape index (κ2) is 5.31. The van der Waals surface area contributed by atoms with Crippen molar-refractivity contribution in [2.75, 3.05) is 5.32 Å². The monoisotopic (exact) mass is 297 g/mol. The van der Waals surface area contributed by atoms with Gasteiger partial charge in [0.15, 0.2) is 0 Å². The van der Waals surface area contributed by atoms with Gasteiger partial charge in [0.2, 0.25) is 0 Å². The summed E-state index contributed by atoms with van der Waals surface area (Å²) in [6.07, 6.45) is 3.73. The summed E-state index contributed by atoms with van der Waals surface area (Å²) in [5.41, 5.74) is 1.52. The van der Waals surface area contributed by atoms with E-state index in [0.29, 0.717) is 12.2 Å². The van der Waals surface area contributed by atoms with Crippen molar-refractivity contribution in [1.82, 2.24) is 9.78 Å². The van der Waals surface area contributed by atoms with Crippen molar-refractivity contribution < 1.29 is 4.39 Å². The molecule has 1 heterocycles. The fourth-order valence-corrected chi connectivity index (χ4v) is 1.86. The van der Waals surface area contributed by atoms with Crippen molar-refractivity contribution >= 4 is 21.6 Å². The number of nitrogens with zero attached hydrogens (tertiary/aromatic N) is 2. The predicted molar refractivity (Wildman–Crippen MR) is 69.3 cm³/mol. The van der Waals surface area contributed by atoms with Crippen molar-refractivity contribution in [2.24, 2.45) is 0 Å². The van der Waals surface area contributed by atoms with E-state index in [-0.39, 0.29) is 5.82 Å². The van der Waals surface area contributed by atoms with Crippen molar-refractivity contribution in [3.8, 4) is 0 Å². The van der Waals surface area contributed by atoms with Crippen LogP contribution in [0.2, 0.25) is 0 Å². The highest BCUT2D eigenvalue weighted by molar-refractivity contribution is 9.10. The molecule has 90 valence electrons. The van der Waals surface area contributed by atoms with Crippen LogP contribution >= 0.6 is 15.9 Å². The lowest BCUT2D eigenvalue weighted by Crippen LogP contribution is -2.00. The zero-order chi connectivity index (χ0) is 12.3. The summed E-state index contributed by atoms with van der Waals surface area (Å²) in [4.78, 5) is 0. The standard InChI is InChI=1S/C12H13BrFN3/c1-2-17-8-9(7-16-17)6-15-12-5-10(13)3-4-11(12)14/h3-5,7-8,15H,2,6H2,1H3. The Morgan fingerprint density at radius 1 is 1.47 bits per heavy atom. The first kappa shape index (κ1) is 12.1. The number of benzene rings is 1. The summed E-state index contributed by atoms with van der Waals surface area (Å²) >= 11 is 3.31. The molecular weight excluding hydrogens is 285 g/mol. The molecule has 0 aliphatic carbocycles. The molecule has 0 saturated heterocycles. The van der Waals surface area contributed by atoms with Crippen molar-refractivity contribution in [3.05, 3.63) is 46.4 Å². The molecule has 0 saturated carbocycles. The summed E-state index contributed by atoms with van der Waals surface area (Å²) in [5.74, 6) is -0.254. The van der Waals surface area contributed by atoms with Gasteiger partial charge in [-0.1, -0.05) is 15.9 Å². The third-order valence-electron chi connectivity index (χ3n) is 2.42. The van der Waals surface area contributed by atoms with E-state index in [1.807, 2.05) is 17.8 Å². The smallest absolute Gasteiger partial charge is 0.146 e.